The molecule has 0 bridgehead atoms. The van der Waals surface area contributed by atoms with Gasteiger partial charge in [0.15, 0.2) is 0 Å². The zero-order valence-electron chi connectivity index (χ0n) is 12.1. The highest BCUT2D eigenvalue weighted by Crippen LogP contribution is 2.33. The summed E-state index contributed by atoms with van der Waals surface area (Å²) < 4.78 is 0. The lowest BCUT2D eigenvalue weighted by Gasteiger charge is -2.43. The third kappa shape index (κ3) is 3.29. The highest BCUT2D eigenvalue weighted by atomic mass is 16.3. The van der Waals surface area contributed by atoms with Gasteiger partial charge in [0.2, 0.25) is 5.91 Å². The van der Waals surface area contributed by atoms with E-state index >= 15 is 0 Å². The summed E-state index contributed by atoms with van der Waals surface area (Å²) in [5.74, 6) is 0.681. The van der Waals surface area contributed by atoms with Gasteiger partial charge in [-0.05, 0) is 44.4 Å². The zero-order chi connectivity index (χ0) is 13.9. The fraction of sp³-hybridized carbons (Fsp3) is 0.933. The average Bonchev–Trinajstić information content (AvgIpc) is 2.39. The normalized spacial score (nSPS) is 36.3. The first-order valence-corrected chi connectivity index (χ1v) is 7.77. The molecule has 2 aliphatic rings. The van der Waals surface area contributed by atoms with E-state index in [1.165, 1.54) is 6.42 Å². The lowest BCUT2D eigenvalue weighted by Crippen LogP contribution is -2.60. The van der Waals surface area contributed by atoms with E-state index in [2.05, 4.69) is 6.92 Å². The van der Waals surface area contributed by atoms with Crippen molar-refractivity contribution in [3.8, 4) is 0 Å². The summed E-state index contributed by atoms with van der Waals surface area (Å²) in [5.41, 5.74) is 5.78. The molecule has 3 unspecified atom stereocenters. The van der Waals surface area contributed by atoms with Crippen molar-refractivity contribution in [1.29, 1.82) is 0 Å². The molecule has 1 saturated heterocycles. The predicted molar refractivity (Wildman–Crippen MR) is 75.6 cm³/mol. The van der Waals surface area contributed by atoms with E-state index in [4.69, 9.17) is 10.8 Å². The van der Waals surface area contributed by atoms with Crippen molar-refractivity contribution in [1.82, 2.24) is 4.90 Å². The van der Waals surface area contributed by atoms with Crippen LogP contribution in [-0.2, 0) is 4.79 Å². The molecular formula is C15H28N2O2. The molecule has 0 aromatic rings. The largest absolute Gasteiger partial charge is 0.396 e. The van der Waals surface area contributed by atoms with E-state index in [-0.39, 0.29) is 18.6 Å². The van der Waals surface area contributed by atoms with Gasteiger partial charge in [-0.15, -0.1) is 0 Å². The summed E-state index contributed by atoms with van der Waals surface area (Å²) >= 11 is 0. The van der Waals surface area contributed by atoms with Crippen LogP contribution in [0.2, 0.25) is 0 Å². The van der Waals surface area contributed by atoms with E-state index in [1.807, 2.05) is 4.90 Å². The first-order valence-electron chi connectivity index (χ1n) is 7.77. The van der Waals surface area contributed by atoms with Gasteiger partial charge in [0, 0.05) is 19.2 Å². The van der Waals surface area contributed by atoms with Crippen LogP contribution in [0.5, 0.6) is 0 Å². The Hall–Kier alpha value is -0.610. The monoisotopic (exact) mass is 268 g/mol. The van der Waals surface area contributed by atoms with Crippen LogP contribution in [0.15, 0.2) is 0 Å². The van der Waals surface area contributed by atoms with E-state index in [9.17, 15) is 4.79 Å². The van der Waals surface area contributed by atoms with E-state index < -0.39 is 5.54 Å². The molecule has 1 heterocycles. The predicted octanol–water partition coefficient (Wildman–Crippen LogP) is 1.66. The number of carbonyl (C=O) groups is 1. The van der Waals surface area contributed by atoms with Crippen LogP contribution in [0.1, 0.15) is 58.3 Å². The van der Waals surface area contributed by atoms with Crippen molar-refractivity contribution in [2.45, 2.75) is 69.9 Å². The Balaban J connectivity index is 2.07. The third-order valence-electron chi connectivity index (χ3n) is 4.81. The molecule has 4 heteroatoms. The second-order valence-electron chi connectivity index (χ2n) is 6.52. The minimum Gasteiger partial charge on any atom is -0.396 e. The Labute approximate surface area is 116 Å². The number of aliphatic hydroxyl groups excluding tert-OH is 1. The maximum absolute atomic E-state index is 12.8. The van der Waals surface area contributed by atoms with Gasteiger partial charge in [-0.3, -0.25) is 4.79 Å². The van der Waals surface area contributed by atoms with Crippen LogP contribution >= 0.6 is 0 Å². The van der Waals surface area contributed by atoms with Crippen LogP contribution in [0, 0.1) is 5.92 Å². The Bertz CT molecular complexity index is 319. The smallest absolute Gasteiger partial charge is 0.242 e. The molecule has 0 spiro atoms. The first-order chi connectivity index (χ1) is 9.07. The summed E-state index contributed by atoms with van der Waals surface area (Å²) in [5, 5.41) is 9.17. The summed E-state index contributed by atoms with van der Waals surface area (Å²) in [6.07, 6.45) is 7.80. The van der Waals surface area contributed by atoms with Crippen LogP contribution in [0.25, 0.3) is 0 Å². The number of piperidine rings is 1. The Morgan fingerprint density at radius 2 is 2.16 bits per heavy atom. The van der Waals surface area contributed by atoms with Gasteiger partial charge in [-0.1, -0.05) is 19.8 Å². The highest BCUT2D eigenvalue weighted by Gasteiger charge is 2.42. The summed E-state index contributed by atoms with van der Waals surface area (Å²) in [4.78, 5) is 14.8. The van der Waals surface area contributed by atoms with Gasteiger partial charge in [-0.2, -0.15) is 0 Å². The fourth-order valence-electron chi connectivity index (χ4n) is 3.79. The van der Waals surface area contributed by atoms with Crippen molar-refractivity contribution >= 4 is 5.91 Å². The molecule has 1 aliphatic heterocycles. The number of rotatable bonds is 3. The van der Waals surface area contributed by atoms with Crippen LogP contribution in [0.3, 0.4) is 0 Å². The van der Waals surface area contributed by atoms with E-state index in [0.717, 1.165) is 45.1 Å². The SMILES string of the molecule is CC1CCCC(N)(C(=O)N2CCCCC2CCO)C1. The number of nitrogens with zero attached hydrogens (tertiary/aromatic N) is 1. The molecule has 3 N–H and O–H groups in total. The van der Waals surface area contributed by atoms with Crippen molar-refractivity contribution in [2.75, 3.05) is 13.2 Å². The second kappa shape index (κ2) is 6.23. The van der Waals surface area contributed by atoms with Gasteiger partial charge in [-0.25, -0.2) is 0 Å². The van der Waals surface area contributed by atoms with E-state index in [0.29, 0.717) is 12.3 Å². The molecule has 1 saturated carbocycles. The Kier molecular flexibility index (Phi) is 4.85. The molecule has 0 aromatic heterocycles. The standard InChI is InChI=1S/C15H28N2O2/c1-12-5-4-8-15(16,11-12)14(19)17-9-3-2-6-13(17)7-10-18/h12-13,18H,2-11,16H2,1H3. The summed E-state index contributed by atoms with van der Waals surface area (Å²) in [6, 6.07) is 0.198. The van der Waals surface area contributed by atoms with Gasteiger partial charge in [0.05, 0.1) is 5.54 Å². The number of hydrogen-bond donors (Lipinski definition) is 2. The Morgan fingerprint density at radius 1 is 1.37 bits per heavy atom. The number of aliphatic hydroxyl groups is 1. The van der Waals surface area contributed by atoms with Crippen molar-refractivity contribution in [2.24, 2.45) is 11.7 Å². The minimum absolute atomic E-state index is 0.136. The summed E-state index contributed by atoms with van der Waals surface area (Å²) in [7, 11) is 0. The van der Waals surface area contributed by atoms with Crippen molar-refractivity contribution in [3.05, 3.63) is 0 Å². The molecule has 0 aromatic carbocycles. The molecule has 2 fully saturated rings. The number of hydrogen-bond acceptors (Lipinski definition) is 3. The lowest BCUT2D eigenvalue weighted by molar-refractivity contribution is -0.143. The molecule has 19 heavy (non-hydrogen) atoms. The molecule has 1 amide bonds. The number of nitrogens with two attached hydrogens (primary N) is 1. The zero-order valence-corrected chi connectivity index (χ0v) is 12.1. The molecule has 110 valence electrons. The van der Waals surface area contributed by atoms with Gasteiger partial charge in [0.25, 0.3) is 0 Å². The maximum atomic E-state index is 12.8. The molecule has 0 radical (unpaired) electrons. The molecule has 2 rings (SSSR count). The Morgan fingerprint density at radius 3 is 2.84 bits per heavy atom. The molecular weight excluding hydrogens is 240 g/mol. The maximum Gasteiger partial charge on any atom is 0.242 e. The molecule has 1 aliphatic carbocycles. The number of likely N-dealkylation sites (tertiary alicyclic amines) is 1. The highest BCUT2D eigenvalue weighted by molar-refractivity contribution is 5.86. The van der Waals surface area contributed by atoms with Gasteiger partial charge < -0.3 is 15.7 Å². The fourth-order valence-corrected chi connectivity index (χ4v) is 3.79. The first kappa shape index (κ1) is 14.8. The topological polar surface area (TPSA) is 66.6 Å². The third-order valence-corrected chi connectivity index (χ3v) is 4.81. The molecule has 3 atom stereocenters. The minimum atomic E-state index is -0.650. The second-order valence-corrected chi connectivity index (χ2v) is 6.52. The van der Waals surface area contributed by atoms with Crippen LogP contribution < -0.4 is 5.73 Å². The van der Waals surface area contributed by atoms with E-state index in [1.54, 1.807) is 0 Å². The lowest BCUT2D eigenvalue weighted by atomic mass is 9.75. The number of amides is 1. The van der Waals surface area contributed by atoms with Gasteiger partial charge >= 0.3 is 0 Å². The molecule has 4 nitrogen and oxygen atoms in total. The van der Waals surface area contributed by atoms with Crippen LogP contribution in [-0.4, -0.2) is 40.6 Å². The summed E-state index contributed by atoms with van der Waals surface area (Å²) in [6.45, 7) is 3.16. The van der Waals surface area contributed by atoms with Crippen molar-refractivity contribution < 1.29 is 9.90 Å². The quantitative estimate of drug-likeness (QED) is 0.818. The number of carbonyl (C=O) groups excluding carboxylic acids is 1. The van der Waals surface area contributed by atoms with Crippen LogP contribution in [0.4, 0.5) is 0 Å². The van der Waals surface area contributed by atoms with Gasteiger partial charge in [0.1, 0.15) is 0 Å². The van der Waals surface area contributed by atoms with Crippen molar-refractivity contribution in [3.63, 3.8) is 0 Å². The average molecular weight is 268 g/mol.